The van der Waals surface area contributed by atoms with Crippen LogP contribution in [0.25, 0.3) is 0 Å². The molecule has 2 atom stereocenters. The first-order chi connectivity index (χ1) is 9.86. The van der Waals surface area contributed by atoms with Crippen LogP contribution in [0.3, 0.4) is 0 Å². The SMILES string of the molecule is CCN(C1CC1)C1CCCCCCCCCCC1NC. The van der Waals surface area contributed by atoms with Gasteiger partial charge in [-0.3, -0.25) is 4.90 Å². The number of likely N-dealkylation sites (N-methyl/N-ethyl adjacent to an activating group) is 2. The average Bonchev–Trinajstić information content (AvgIpc) is 3.27. The molecule has 0 radical (unpaired) electrons. The monoisotopic (exact) mass is 280 g/mol. The molecule has 0 saturated heterocycles. The molecule has 0 heterocycles. The Morgan fingerprint density at radius 1 is 0.800 bits per heavy atom. The second-order valence-electron chi connectivity index (χ2n) is 6.93. The van der Waals surface area contributed by atoms with E-state index in [0.29, 0.717) is 0 Å². The molecule has 2 fully saturated rings. The highest BCUT2D eigenvalue weighted by atomic mass is 15.2. The first-order valence-electron chi connectivity index (χ1n) is 9.29. The molecular weight excluding hydrogens is 244 g/mol. The Bertz CT molecular complexity index is 250. The molecule has 118 valence electrons. The lowest BCUT2D eigenvalue weighted by Crippen LogP contribution is -2.50. The van der Waals surface area contributed by atoms with Crippen molar-refractivity contribution in [1.29, 1.82) is 0 Å². The average molecular weight is 280 g/mol. The van der Waals surface area contributed by atoms with Crippen LogP contribution >= 0.6 is 0 Å². The van der Waals surface area contributed by atoms with E-state index in [1.807, 2.05) is 0 Å². The molecule has 2 unspecified atom stereocenters. The normalized spacial score (nSPS) is 30.8. The Morgan fingerprint density at radius 2 is 1.35 bits per heavy atom. The summed E-state index contributed by atoms with van der Waals surface area (Å²) in [5.41, 5.74) is 0. The van der Waals surface area contributed by atoms with Crippen molar-refractivity contribution in [3.05, 3.63) is 0 Å². The molecule has 2 aliphatic carbocycles. The summed E-state index contributed by atoms with van der Waals surface area (Å²) in [6.07, 6.45) is 17.3. The summed E-state index contributed by atoms with van der Waals surface area (Å²) in [5.74, 6) is 0. The van der Waals surface area contributed by atoms with Crippen molar-refractivity contribution in [3.63, 3.8) is 0 Å². The Hall–Kier alpha value is -0.0800. The van der Waals surface area contributed by atoms with Gasteiger partial charge in [0.2, 0.25) is 0 Å². The second kappa shape index (κ2) is 9.04. The van der Waals surface area contributed by atoms with Gasteiger partial charge in [-0.15, -0.1) is 0 Å². The van der Waals surface area contributed by atoms with Crippen molar-refractivity contribution in [3.8, 4) is 0 Å². The Labute approximate surface area is 126 Å². The zero-order valence-corrected chi connectivity index (χ0v) is 13.9. The number of nitrogens with one attached hydrogen (secondary N) is 1. The van der Waals surface area contributed by atoms with Gasteiger partial charge in [0.15, 0.2) is 0 Å². The van der Waals surface area contributed by atoms with Gasteiger partial charge in [0.25, 0.3) is 0 Å². The molecule has 1 N–H and O–H groups in total. The molecule has 2 nitrogen and oxygen atoms in total. The Balaban J connectivity index is 1.95. The lowest BCUT2D eigenvalue weighted by Gasteiger charge is -2.37. The van der Waals surface area contributed by atoms with Crippen molar-refractivity contribution >= 4 is 0 Å². The number of rotatable bonds is 4. The largest absolute Gasteiger partial charge is 0.315 e. The highest BCUT2D eigenvalue weighted by Gasteiger charge is 2.35. The molecule has 0 amide bonds. The molecule has 0 aromatic heterocycles. The van der Waals surface area contributed by atoms with E-state index in [9.17, 15) is 0 Å². The molecule has 2 saturated carbocycles. The summed E-state index contributed by atoms with van der Waals surface area (Å²) in [4.78, 5) is 2.83. The summed E-state index contributed by atoms with van der Waals surface area (Å²) < 4.78 is 0. The zero-order chi connectivity index (χ0) is 14.2. The second-order valence-corrected chi connectivity index (χ2v) is 6.93. The maximum Gasteiger partial charge on any atom is 0.0252 e. The van der Waals surface area contributed by atoms with Crippen LogP contribution in [0.2, 0.25) is 0 Å². The van der Waals surface area contributed by atoms with E-state index in [4.69, 9.17) is 0 Å². The minimum absolute atomic E-state index is 0.718. The topological polar surface area (TPSA) is 15.3 Å². The molecule has 0 bridgehead atoms. The summed E-state index contributed by atoms with van der Waals surface area (Å²) >= 11 is 0. The van der Waals surface area contributed by atoms with Crippen molar-refractivity contribution in [2.24, 2.45) is 0 Å². The van der Waals surface area contributed by atoms with E-state index in [-0.39, 0.29) is 0 Å². The molecule has 0 spiro atoms. The summed E-state index contributed by atoms with van der Waals surface area (Å²) in [6.45, 7) is 3.61. The third-order valence-corrected chi connectivity index (χ3v) is 5.41. The molecule has 0 aromatic carbocycles. The van der Waals surface area contributed by atoms with Crippen LogP contribution in [0, 0.1) is 0 Å². The van der Waals surface area contributed by atoms with Crippen LogP contribution in [0.1, 0.15) is 84.0 Å². The predicted octanol–water partition coefficient (Wildman–Crippen LogP) is 4.34. The summed E-state index contributed by atoms with van der Waals surface area (Å²) in [5, 5.41) is 3.66. The Kier molecular flexibility index (Phi) is 7.37. The third kappa shape index (κ3) is 5.04. The quantitative estimate of drug-likeness (QED) is 0.824. The first-order valence-corrected chi connectivity index (χ1v) is 9.29. The number of hydrogen-bond acceptors (Lipinski definition) is 2. The van der Waals surface area contributed by atoms with Gasteiger partial charge < -0.3 is 5.32 Å². The van der Waals surface area contributed by atoms with Crippen molar-refractivity contribution in [1.82, 2.24) is 10.2 Å². The van der Waals surface area contributed by atoms with Crippen LogP contribution in [-0.4, -0.2) is 36.6 Å². The van der Waals surface area contributed by atoms with Gasteiger partial charge in [0, 0.05) is 18.1 Å². The minimum atomic E-state index is 0.718. The maximum atomic E-state index is 3.66. The van der Waals surface area contributed by atoms with E-state index < -0.39 is 0 Å². The Morgan fingerprint density at radius 3 is 1.85 bits per heavy atom. The van der Waals surface area contributed by atoms with Crippen LogP contribution in [0.5, 0.6) is 0 Å². The van der Waals surface area contributed by atoms with Crippen LogP contribution in [-0.2, 0) is 0 Å². The van der Waals surface area contributed by atoms with Crippen molar-refractivity contribution in [2.75, 3.05) is 13.6 Å². The predicted molar refractivity (Wildman–Crippen MR) is 88.2 cm³/mol. The molecule has 0 aliphatic heterocycles. The number of hydrogen-bond donors (Lipinski definition) is 1. The van der Waals surface area contributed by atoms with E-state index in [1.54, 1.807) is 0 Å². The fourth-order valence-electron chi connectivity index (χ4n) is 4.08. The van der Waals surface area contributed by atoms with Crippen LogP contribution in [0.4, 0.5) is 0 Å². The van der Waals surface area contributed by atoms with E-state index in [1.165, 1.54) is 83.6 Å². The van der Waals surface area contributed by atoms with E-state index in [0.717, 1.165) is 18.1 Å². The van der Waals surface area contributed by atoms with Crippen molar-refractivity contribution in [2.45, 2.75) is 102 Å². The van der Waals surface area contributed by atoms with Crippen LogP contribution in [0.15, 0.2) is 0 Å². The molecule has 2 rings (SSSR count). The molecule has 2 heteroatoms. The smallest absolute Gasteiger partial charge is 0.0252 e. The van der Waals surface area contributed by atoms with Gasteiger partial charge in [-0.25, -0.2) is 0 Å². The van der Waals surface area contributed by atoms with E-state index >= 15 is 0 Å². The maximum absolute atomic E-state index is 3.66. The number of nitrogens with zero attached hydrogens (tertiary/aromatic N) is 1. The van der Waals surface area contributed by atoms with E-state index in [2.05, 4.69) is 24.2 Å². The van der Waals surface area contributed by atoms with Crippen LogP contribution < -0.4 is 5.32 Å². The zero-order valence-electron chi connectivity index (χ0n) is 13.9. The van der Waals surface area contributed by atoms with Crippen molar-refractivity contribution < 1.29 is 0 Å². The molecular formula is C18H36N2. The molecule has 2 aliphatic rings. The summed E-state index contributed by atoms with van der Waals surface area (Å²) in [7, 11) is 2.18. The molecule has 0 aromatic rings. The van der Waals surface area contributed by atoms with Gasteiger partial charge in [0.1, 0.15) is 0 Å². The fraction of sp³-hybridized carbons (Fsp3) is 1.00. The van der Waals surface area contributed by atoms with Gasteiger partial charge in [-0.05, 0) is 39.3 Å². The minimum Gasteiger partial charge on any atom is -0.315 e. The van der Waals surface area contributed by atoms with Gasteiger partial charge in [0.05, 0.1) is 0 Å². The standard InChI is InChI=1S/C18H36N2/c1-3-20(16-14-15-16)18-13-11-9-7-5-4-6-8-10-12-17(18)19-2/h16-19H,3-15H2,1-2H3. The lowest BCUT2D eigenvalue weighted by molar-refractivity contribution is 0.139. The van der Waals surface area contributed by atoms with Gasteiger partial charge in [-0.2, -0.15) is 0 Å². The van der Waals surface area contributed by atoms with Gasteiger partial charge in [-0.1, -0.05) is 58.3 Å². The molecule has 20 heavy (non-hydrogen) atoms. The lowest BCUT2D eigenvalue weighted by atomic mass is 9.92. The summed E-state index contributed by atoms with van der Waals surface area (Å²) in [6, 6.07) is 2.42. The third-order valence-electron chi connectivity index (χ3n) is 5.41. The van der Waals surface area contributed by atoms with Gasteiger partial charge >= 0.3 is 0 Å². The first kappa shape index (κ1) is 16.3. The fourth-order valence-corrected chi connectivity index (χ4v) is 4.08. The highest BCUT2D eigenvalue weighted by Crippen LogP contribution is 2.32. The highest BCUT2D eigenvalue weighted by molar-refractivity contribution is 4.93.